The Morgan fingerprint density at radius 1 is 1.19 bits per heavy atom. The summed E-state index contributed by atoms with van der Waals surface area (Å²) in [6, 6.07) is 13.0. The highest BCUT2D eigenvalue weighted by molar-refractivity contribution is 7.99. The second-order valence-electron chi connectivity index (χ2n) is 5.51. The van der Waals surface area contributed by atoms with Crippen molar-refractivity contribution in [3.8, 4) is 5.69 Å². The standard InChI is InChI=1S/C17H15Cl2N5OS/c1-11-2-6-14(7-3-11)24-17(21-22-23-24)26-10-16(25)20-9-12-4-5-13(18)8-15(12)19/h2-8H,9-10H2,1H3,(H,20,25). The Morgan fingerprint density at radius 3 is 2.69 bits per heavy atom. The van der Waals surface area contributed by atoms with Crippen LogP contribution in [-0.2, 0) is 11.3 Å². The SMILES string of the molecule is Cc1ccc(-n2nnnc2SCC(=O)NCc2ccc(Cl)cc2Cl)cc1. The largest absolute Gasteiger partial charge is 0.351 e. The van der Waals surface area contributed by atoms with E-state index in [9.17, 15) is 4.79 Å². The zero-order valence-corrected chi connectivity index (χ0v) is 16.1. The second kappa shape index (κ2) is 8.53. The van der Waals surface area contributed by atoms with Crippen LogP contribution in [0.2, 0.25) is 10.0 Å². The monoisotopic (exact) mass is 407 g/mol. The normalized spacial score (nSPS) is 10.7. The van der Waals surface area contributed by atoms with Gasteiger partial charge in [0.25, 0.3) is 0 Å². The lowest BCUT2D eigenvalue weighted by molar-refractivity contribution is -0.118. The summed E-state index contributed by atoms with van der Waals surface area (Å²) >= 11 is 13.2. The van der Waals surface area contributed by atoms with Gasteiger partial charge in [0.2, 0.25) is 11.1 Å². The van der Waals surface area contributed by atoms with Gasteiger partial charge < -0.3 is 5.32 Å². The molecule has 9 heteroatoms. The maximum atomic E-state index is 12.1. The smallest absolute Gasteiger partial charge is 0.230 e. The number of aryl methyl sites for hydroxylation is 1. The fourth-order valence-electron chi connectivity index (χ4n) is 2.16. The van der Waals surface area contributed by atoms with Crippen LogP contribution in [0, 0.1) is 6.92 Å². The number of benzene rings is 2. The first-order chi connectivity index (χ1) is 12.5. The number of aromatic nitrogens is 4. The Bertz CT molecular complexity index is 914. The molecule has 0 aliphatic carbocycles. The van der Waals surface area contributed by atoms with Gasteiger partial charge in [0, 0.05) is 16.6 Å². The lowest BCUT2D eigenvalue weighted by atomic mass is 10.2. The molecule has 0 saturated carbocycles. The van der Waals surface area contributed by atoms with Crippen molar-refractivity contribution in [2.24, 2.45) is 0 Å². The predicted octanol–water partition coefficient (Wildman–Crippen LogP) is 3.69. The number of carbonyl (C=O) groups is 1. The molecule has 0 atom stereocenters. The average Bonchev–Trinajstić information content (AvgIpc) is 3.08. The molecule has 0 aliphatic rings. The summed E-state index contributed by atoms with van der Waals surface area (Å²) in [5.41, 5.74) is 2.80. The average molecular weight is 408 g/mol. The summed E-state index contributed by atoms with van der Waals surface area (Å²) in [5, 5.41) is 16.1. The molecule has 0 saturated heterocycles. The molecule has 0 bridgehead atoms. The molecule has 1 aromatic heterocycles. The highest BCUT2D eigenvalue weighted by Crippen LogP contribution is 2.21. The molecule has 26 heavy (non-hydrogen) atoms. The van der Waals surface area contributed by atoms with Crippen molar-refractivity contribution in [3.05, 3.63) is 63.6 Å². The van der Waals surface area contributed by atoms with Gasteiger partial charge in [-0.05, 0) is 47.2 Å². The van der Waals surface area contributed by atoms with Gasteiger partial charge in [-0.2, -0.15) is 4.68 Å². The molecule has 3 aromatic rings. The highest BCUT2D eigenvalue weighted by atomic mass is 35.5. The molecule has 0 spiro atoms. The fraction of sp³-hybridized carbons (Fsp3) is 0.176. The summed E-state index contributed by atoms with van der Waals surface area (Å²) < 4.78 is 1.60. The summed E-state index contributed by atoms with van der Waals surface area (Å²) in [5.74, 6) is 0.0525. The molecule has 6 nitrogen and oxygen atoms in total. The van der Waals surface area contributed by atoms with Gasteiger partial charge in [-0.1, -0.05) is 58.7 Å². The number of thioether (sulfide) groups is 1. The lowest BCUT2D eigenvalue weighted by Gasteiger charge is -2.07. The van der Waals surface area contributed by atoms with E-state index in [1.165, 1.54) is 11.8 Å². The molecule has 0 unspecified atom stereocenters. The number of rotatable bonds is 6. The van der Waals surface area contributed by atoms with E-state index in [0.717, 1.165) is 16.8 Å². The quantitative estimate of drug-likeness (QED) is 0.630. The van der Waals surface area contributed by atoms with Gasteiger partial charge in [-0.15, -0.1) is 5.10 Å². The molecule has 0 fully saturated rings. The second-order valence-corrected chi connectivity index (χ2v) is 7.30. The van der Waals surface area contributed by atoms with Crippen molar-refractivity contribution in [2.75, 3.05) is 5.75 Å². The van der Waals surface area contributed by atoms with Crippen molar-refractivity contribution in [2.45, 2.75) is 18.6 Å². The van der Waals surface area contributed by atoms with E-state index in [-0.39, 0.29) is 11.7 Å². The minimum atomic E-state index is -0.139. The van der Waals surface area contributed by atoms with Gasteiger partial charge >= 0.3 is 0 Å². The van der Waals surface area contributed by atoms with E-state index >= 15 is 0 Å². The maximum Gasteiger partial charge on any atom is 0.230 e. The van der Waals surface area contributed by atoms with Crippen molar-refractivity contribution >= 4 is 40.9 Å². The first-order valence-electron chi connectivity index (χ1n) is 7.72. The predicted molar refractivity (Wildman–Crippen MR) is 103 cm³/mol. The lowest BCUT2D eigenvalue weighted by Crippen LogP contribution is -2.24. The molecule has 2 aromatic carbocycles. The number of carbonyl (C=O) groups excluding carboxylic acids is 1. The minimum absolute atomic E-state index is 0.139. The van der Waals surface area contributed by atoms with E-state index in [0.29, 0.717) is 21.7 Å². The van der Waals surface area contributed by atoms with Gasteiger partial charge in [0.1, 0.15) is 0 Å². The number of amides is 1. The Morgan fingerprint density at radius 2 is 1.96 bits per heavy atom. The third kappa shape index (κ3) is 4.75. The van der Waals surface area contributed by atoms with Crippen LogP contribution in [0.1, 0.15) is 11.1 Å². The first-order valence-corrected chi connectivity index (χ1v) is 9.46. The molecule has 1 amide bonds. The van der Waals surface area contributed by atoms with Crippen LogP contribution < -0.4 is 5.32 Å². The zero-order valence-electron chi connectivity index (χ0n) is 13.8. The number of nitrogens with zero attached hydrogens (tertiary/aromatic N) is 4. The van der Waals surface area contributed by atoms with E-state index in [1.54, 1.807) is 22.9 Å². The van der Waals surface area contributed by atoms with E-state index in [4.69, 9.17) is 23.2 Å². The molecule has 1 N–H and O–H groups in total. The van der Waals surface area contributed by atoms with Crippen LogP contribution >= 0.6 is 35.0 Å². The van der Waals surface area contributed by atoms with Gasteiger partial charge in [-0.3, -0.25) is 4.79 Å². The number of hydrogen-bond acceptors (Lipinski definition) is 5. The minimum Gasteiger partial charge on any atom is -0.351 e. The van der Waals surface area contributed by atoms with Crippen molar-refractivity contribution in [1.82, 2.24) is 25.5 Å². The third-order valence-corrected chi connectivity index (χ3v) is 5.05. The molecule has 0 aliphatic heterocycles. The van der Waals surface area contributed by atoms with Gasteiger partial charge in [0.15, 0.2) is 0 Å². The number of nitrogens with one attached hydrogen (secondary N) is 1. The van der Waals surface area contributed by atoms with E-state index in [1.807, 2.05) is 31.2 Å². The van der Waals surface area contributed by atoms with Gasteiger partial charge in [-0.25, -0.2) is 0 Å². The Kier molecular flexibility index (Phi) is 6.13. The summed E-state index contributed by atoms with van der Waals surface area (Å²) in [4.78, 5) is 12.1. The molecule has 1 heterocycles. The van der Waals surface area contributed by atoms with Crippen molar-refractivity contribution < 1.29 is 4.79 Å². The Labute approximate surface area is 164 Å². The van der Waals surface area contributed by atoms with Crippen molar-refractivity contribution in [1.29, 1.82) is 0 Å². The molecule has 3 rings (SSSR count). The maximum absolute atomic E-state index is 12.1. The summed E-state index contributed by atoms with van der Waals surface area (Å²) in [7, 11) is 0. The zero-order chi connectivity index (χ0) is 18.5. The number of halogens is 2. The molecule has 0 radical (unpaired) electrons. The first kappa shape index (κ1) is 18.7. The van der Waals surface area contributed by atoms with Crippen LogP contribution in [0.3, 0.4) is 0 Å². The number of hydrogen-bond donors (Lipinski definition) is 1. The van der Waals surface area contributed by atoms with Crippen LogP contribution in [0.25, 0.3) is 5.69 Å². The third-order valence-electron chi connectivity index (χ3n) is 3.54. The summed E-state index contributed by atoms with van der Waals surface area (Å²) in [6.45, 7) is 2.34. The van der Waals surface area contributed by atoms with E-state index < -0.39 is 0 Å². The van der Waals surface area contributed by atoms with Crippen LogP contribution in [0.4, 0.5) is 0 Å². The Hall–Kier alpha value is -2.09. The van der Waals surface area contributed by atoms with E-state index in [2.05, 4.69) is 20.8 Å². The van der Waals surface area contributed by atoms with Gasteiger partial charge in [0.05, 0.1) is 11.4 Å². The highest BCUT2D eigenvalue weighted by Gasteiger charge is 2.12. The topological polar surface area (TPSA) is 72.7 Å². The number of tetrazole rings is 1. The Balaban J connectivity index is 1.57. The van der Waals surface area contributed by atoms with Crippen LogP contribution in [-0.4, -0.2) is 31.9 Å². The molecule has 134 valence electrons. The van der Waals surface area contributed by atoms with Crippen LogP contribution in [0.5, 0.6) is 0 Å². The molecular formula is C17H15Cl2N5OS. The fourth-order valence-corrected chi connectivity index (χ4v) is 3.35. The van der Waals surface area contributed by atoms with Crippen LogP contribution in [0.15, 0.2) is 47.6 Å². The van der Waals surface area contributed by atoms with Crippen molar-refractivity contribution in [3.63, 3.8) is 0 Å². The molecular weight excluding hydrogens is 393 g/mol. The summed E-state index contributed by atoms with van der Waals surface area (Å²) in [6.07, 6.45) is 0.